The zero-order valence-electron chi connectivity index (χ0n) is 15.8. The number of carbonyl (C=O) groups excluding carboxylic acids is 1. The maximum atomic E-state index is 12.2. The van der Waals surface area contributed by atoms with Crippen molar-refractivity contribution in [2.45, 2.75) is 38.1 Å². The Morgan fingerprint density at radius 3 is 2.75 bits per heavy atom. The Labute approximate surface area is 174 Å². The molecule has 0 bridgehead atoms. The molecule has 0 radical (unpaired) electrons. The molecule has 1 fully saturated rings. The molecule has 1 saturated heterocycles. The van der Waals surface area contributed by atoms with E-state index in [1.807, 2.05) is 47.5 Å². The van der Waals surface area contributed by atoms with Gasteiger partial charge in [0.15, 0.2) is 0 Å². The normalized spacial score (nSPS) is 21.9. The second-order valence-electron chi connectivity index (χ2n) is 7.24. The minimum absolute atomic E-state index is 0.0964. The maximum absolute atomic E-state index is 12.2. The van der Waals surface area contributed by atoms with Gasteiger partial charge in [0.1, 0.15) is 11.5 Å². The number of hydrogen-bond donors (Lipinski definition) is 0. The lowest BCUT2D eigenvalue weighted by molar-refractivity contribution is -0.129. The van der Waals surface area contributed by atoms with Crippen LogP contribution >= 0.6 is 15.9 Å². The summed E-state index contributed by atoms with van der Waals surface area (Å²) >= 11 is 3.46. The first-order valence-electron chi connectivity index (χ1n) is 9.64. The van der Waals surface area contributed by atoms with Gasteiger partial charge in [-0.25, -0.2) is 0 Å². The van der Waals surface area contributed by atoms with Crippen molar-refractivity contribution in [1.29, 1.82) is 0 Å². The summed E-state index contributed by atoms with van der Waals surface area (Å²) in [5.74, 6) is 1.97. The molecule has 1 aliphatic carbocycles. The SMILES string of the molecule is CC(=O)N1CCCC1C1=C(Oc2ccc(Br)cc2)C=CC(c2ccccn2)C1. The smallest absolute Gasteiger partial charge is 0.219 e. The van der Waals surface area contributed by atoms with Crippen LogP contribution in [0.25, 0.3) is 0 Å². The van der Waals surface area contributed by atoms with Gasteiger partial charge in [-0.1, -0.05) is 28.1 Å². The molecular formula is C23H23BrN2O2. The molecule has 1 aliphatic heterocycles. The number of allylic oxidation sites excluding steroid dienone is 2. The van der Waals surface area contributed by atoms with Crippen LogP contribution in [0.5, 0.6) is 5.75 Å². The number of amides is 1. The Bertz CT molecular complexity index is 906. The summed E-state index contributed by atoms with van der Waals surface area (Å²) in [5, 5.41) is 0. The van der Waals surface area contributed by atoms with Gasteiger partial charge in [0.05, 0.1) is 6.04 Å². The number of halogens is 1. The summed E-state index contributed by atoms with van der Waals surface area (Å²) in [6, 6.07) is 13.9. The Kier molecular flexibility index (Phi) is 5.62. The van der Waals surface area contributed by atoms with Gasteiger partial charge in [-0.2, -0.15) is 0 Å². The summed E-state index contributed by atoms with van der Waals surface area (Å²) in [6.07, 6.45) is 8.86. The molecule has 2 aliphatic rings. The van der Waals surface area contributed by atoms with Crippen LogP contribution in [-0.2, 0) is 4.79 Å². The third kappa shape index (κ3) is 4.04. The van der Waals surface area contributed by atoms with Crippen LogP contribution in [0.3, 0.4) is 0 Å². The first-order valence-corrected chi connectivity index (χ1v) is 10.4. The fraction of sp³-hybridized carbons (Fsp3) is 0.304. The zero-order valence-corrected chi connectivity index (χ0v) is 17.4. The van der Waals surface area contributed by atoms with E-state index in [0.29, 0.717) is 0 Å². The van der Waals surface area contributed by atoms with Crippen molar-refractivity contribution in [2.24, 2.45) is 0 Å². The first-order chi connectivity index (χ1) is 13.6. The largest absolute Gasteiger partial charge is 0.457 e. The number of carbonyl (C=O) groups is 1. The lowest BCUT2D eigenvalue weighted by Crippen LogP contribution is -2.36. The standard InChI is InChI=1S/C23H23BrN2O2/c1-16(27)26-14-4-6-22(26)20-15-17(21-5-2-3-13-25-21)7-12-23(20)28-19-10-8-18(24)9-11-19/h2-3,5,7-13,17,22H,4,6,14-15H2,1H3. The molecule has 4 nitrogen and oxygen atoms in total. The number of benzene rings is 1. The summed E-state index contributed by atoms with van der Waals surface area (Å²) in [7, 11) is 0. The van der Waals surface area contributed by atoms with E-state index >= 15 is 0 Å². The minimum Gasteiger partial charge on any atom is -0.457 e. The Hall–Kier alpha value is -2.40. The molecule has 2 unspecified atom stereocenters. The van der Waals surface area contributed by atoms with Crippen molar-refractivity contribution in [3.63, 3.8) is 0 Å². The molecule has 5 heteroatoms. The second kappa shape index (κ2) is 8.31. The predicted molar refractivity (Wildman–Crippen MR) is 113 cm³/mol. The van der Waals surface area contributed by atoms with E-state index in [4.69, 9.17) is 4.74 Å². The summed E-state index contributed by atoms with van der Waals surface area (Å²) < 4.78 is 7.28. The van der Waals surface area contributed by atoms with Gasteiger partial charge in [-0.05, 0) is 67.3 Å². The molecular weight excluding hydrogens is 416 g/mol. The number of rotatable bonds is 4. The third-order valence-electron chi connectivity index (χ3n) is 5.40. The molecule has 2 heterocycles. The maximum Gasteiger partial charge on any atom is 0.219 e. The molecule has 1 aromatic heterocycles. The van der Waals surface area contributed by atoms with Crippen LogP contribution < -0.4 is 4.74 Å². The zero-order chi connectivity index (χ0) is 19.5. The number of pyridine rings is 1. The van der Waals surface area contributed by atoms with E-state index in [2.05, 4.69) is 39.1 Å². The van der Waals surface area contributed by atoms with Crippen LogP contribution in [0.4, 0.5) is 0 Å². The van der Waals surface area contributed by atoms with Crippen molar-refractivity contribution in [1.82, 2.24) is 9.88 Å². The van der Waals surface area contributed by atoms with E-state index < -0.39 is 0 Å². The molecule has 1 aromatic carbocycles. The topological polar surface area (TPSA) is 42.4 Å². The lowest BCUT2D eigenvalue weighted by Gasteiger charge is -2.31. The Balaban J connectivity index is 1.67. The number of nitrogens with zero attached hydrogens (tertiary/aromatic N) is 2. The van der Waals surface area contributed by atoms with Crippen molar-refractivity contribution < 1.29 is 9.53 Å². The summed E-state index contributed by atoms with van der Waals surface area (Å²) in [5.41, 5.74) is 2.24. The highest BCUT2D eigenvalue weighted by molar-refractivity contribution is 9.10. The minimum atomic E-state index is 0.0964. The Morgan fingerprint density at radius 2 is 2.04 bits per heavy atom. The van der Waals surface area contributed by atoms with Crippen molar-refractivity contribution in [3.8, 4) is 5.75 Å². The first kappa shape index (κ1) is 18.9. The summed E-state index contributed by atoms with van der Waals surface area (Å²) in [6.45, 7) is 2.47. The van der Waals surface area contributed by atoms with Gasteiger partial charge in [0, 0.05) is 35.7 Å². The highest BCUT2D eigenvalue weighted by Gasteiger charge is 2.34. The van der Waals surface area contributed by atoms with Crippen LogP contribution in [0.15, 0.2) is 76.6 Å². The van der Waals surface area contributed by atoms with E-state index in [-0.39, 0.29) is 17.9 Å². The van der Waals surface area contributed by atoms with Gasteiger partial charge in [-0.15, -0.1) is 0 Å². The van der Waals surface area contributed by atoms with E-state index in [0.717, 1.165) is 47.5 Å². The Morgan fingerprint density at radius 1 is 1.21 bits per heavy atom. The number of likely N-dealkylation sites (tertiary alicyclic amines) is 1. The van der Waals surface area contributed by atoms with E-state index in [1.165, 1.54) is 5.57 Å². The van der Waals surface area contributed by atoms with Gasteiger partial charge in [0.2, 0.25) is 5.91 Å². The third-order valence-corrected chi connectivity index (χ3v) is 5.93. The molecule has 144 valence electrons. The quantitative estimate of drug-likeness (QED) is 0.655. The van der Waals surface area contributed by atoms with E-state index in [1.54, 1.807) is 6.92 Å². The van der Waals surface area contributed by atoms with Crippen molar-refractivity contribution in [2.75, 3.05) is 6.54 Å². The van der Waals surface area contributed by atoms with Gasteiger partial charge >= 0.3 is 0 Å². The van der Waals surface area contributed by atoms with Crippen LogP contribution in [0.2, 0.25) is 0 Å². The second-order valence-corrected chi connectivity index (χ2v) is 8.16. The number of ether oxygens (including phenoxy) is 1. The lowest BCUT2D eigenvalue weighted by atomic mass is 9.86. The average molecular weight is 439 g/mol. The monoisotopic (exact) mass is 438 g/mol. The fourth-order valence-electron chi connectivity index (χ4n) is 4.05. The molecule has 0 spiro atoms. The molecule has 2 aromatic rings. The van der Waals surface area contributed by atoms with Gasteiger partial charge in [-0.3, -0.25) is 9.78 Å². The van der Waals surface area contributed by atoms with Crippen LogP contribution in [0, 0.1) is 0 Å². The number of hydrogen-bond acceptors (Lipinski definition) is 3. The summed E-state index contributed by atoms with van der Waals surface area (Å²) in [4.78, 5) is 18.7. The molecule has 2 atom stereocenters. The molecule has 4 rings (SSSR count). The van der Waals surface area contributed by atoms with Crippen LogP contribution in [0.1, 0.15) is 37.8 Å². The molecule has 1 amide bonds. The highest BCUT2D eigenvalue weighted by atomic mass is 79.9. The highest BCUT2D eigenvalue weighted by Crippen LogP contribution is 2.38. The van der Waals surface area contributed by atoms with Gasteiger partial charge < -0.3 is 9.64 Å². The fourth-order valence-corrected chi connectivity index (χ4v) is 4.31. The average Bonchev–Trinajstić information content (AvgIpc) is 3.21. The van der Waals surface area contributed by atoms with Crippen molar-refractivity contribution >= 4 is 21.8 Å². The molecule has 0 N–H and O–H groups in total. The van der Waals surface area contributed by atoms with Crippen LogP contribution in [-0.4, -0.2) is 28.4 Å². The molecule has 28 heavy (non-hydrogen) atoms. The van der Waals surface area contributed by atoms with Crippen molar-refractivity contribution in [3.05, 3.63) is 82.3 Å². The predicted octanol–water partition coefficient (Wildman–Crippen LogP) is 5.23. The molecule has 0 saturated carbocycles. The van der Waals surface area contributed by atoms with Gasteiger partial charge in [0.25, 0.3) is 0 Å². The van der Waals surface area contributed by atoms with E-state index in [9.17, 15) is 4.79 Å². The number of aromatic nitrogens is 1.